The Morgan fingerprint density at radius 1 is 0.939 bits per heavy atom. The molecule has 1 unspecified atom stereocenters. The maximum Gasteiger partial charge on any atom is 0.303 e. The molecule has 0 bridgehead atoms. The van der Waals surface area contributed by atoms with Crippen molar-refractivity contribution in [3.63, 3.8) is 0 Å². The normalized spacial score (nSPS) is 15.3. The summed E-state index contributed by atoms with van der Waals surface area (Å²) in [6.07, 6.45) is 7.34. The van der Waals surface area contributed by atoms with Gasteiger partial charge >= 0.3 is 5.97 Å². The van der Waals surface area contributed by atoms with Crippen molar-refractivity contribution in [3.8, 4) is 22.5 Å². The average molecular weight is 444 g/mol. The Morgan fingerprint density at radius 2 is 1.61 bits per heavy atom. The molecule has 4 rings (SSSR count). The van der Waals surface area contributed by atoms with Gasteiger partial charge in [-0.05, 0) is 32.6 Å². The molecule has 1 aliphatic heterocycles. The lowest BCUT2D eigenvalue weighted by Gasteiger charge is -2.35. The van der Waals surface area contributed by atoms with Crippen LogP contribution in [-0.2, 0) is 11.2 Å². The van der Waals surface area contributed by atoms with E-state index in [9.17, 15) is 4.79 Å². The lowest BCUT2D eigenvalue weighted by atomic mass is 9.96. The maximum atomic E-state index is 10.7. The van der Waals surface area contributed by atoms with Crippen molar-refractivity contribution in [2.45, 2.75) is 64.3 Å². The van der Waals surface area contributed by atoms with E-state index in [0.29, 0.717) is 6.04 Å². The number of nitrogens with zero attached hydrogens (tertiary/aromatic N) is 3. The molecule has 1 atom stereocenters. The molecule has 5 heteroatoms. The molecule has 33 heavy (non-hydrogen) atoms. The second kappa shape index (κ2) is 10.6. The first kappa shape index (κ1) is 23.0. The van der Waals surface area contributed by atoms with E-state index in [1.807, 2.05) is 18.2 Å². The van der Waals surface area contributed by atoms with Crippen LogP contribution in [0.1, 0.15) is 56.2 Å². The highest BCUT2D eigenvalue weighted by Crippen LogP contribution is 2.36. The van der Waals surface area contributed by atoms with Crippen molar-refractivity contribution < 1.29 is 9.90 Å². The van der Waals surface area contributed by atoms with Crippen LogP contribution in [0.25, 0.3) is 22.5 Å². The van der Waals surface area contributed by atoms with Crippen LogP contribution in [0, 0.1) is 6.92 Å². The quantitative estimate of drug-likeness (QED) is 0.393. The Balaban J connectivity index is 1.56. The third kappa shape index (κ3) is 5.59. The van der Waals surface area contributed by atoms with Crippen LogP contribution in [0.3, 0.4) is 0 Å². The summed E-state index contributed by atoms with van der Waals surface area (Å²) in [7, 11) is 2.14. The Kier molecular flexibility index (Phi) is 7.38. The lowest BCUT2D eigenvalue weighted by Crippen LogP contribution is -2.37. The molecule has 0 saturated carbocycles. The summed E-state index contributed by atoms with van der Waals surface area (Å²) >= 11 is 0. The summed E-state index contributed by atoms with van der Waals surface area (Å²) < 4.78 is 0. The number of aliphatic carboxylic acids is 1. The average Bonchev–Trinajstić information content (AvgIpc) is 2.83. The van der Waals surface area contributed by atoms with Crippen LogP contribution in [0.4, 0.5) is 5.82 Å². The standard InChI is InChI=1S/C28H33N3O2/c1-20-14-16-22(17-15-20)27-26(21-10-6-5-7-11-21)29-24-19-18-23(31(2)28(24)30-27)12-8-3-4-9-13-25(32)33/h5-7,10-11,14-17,23H,3-4,8-9,12-13,18-19H2,1-2H3,(H,32,33). The van der Waals surface area contributed by atoms with E-state index < -0.39 is 5.97 Å². The number of aromatic nitrogens is 2. The van der Waals surface area contributed by atoms with Crippen LogP contribution in [0.2, 0.25) is 0 Å². The van der Waals surface area contributed by atoms with E-state index in [1.54, 1.807) is 0 Å². The smallest absolute Gasteiger partial charge is 0.303 e. The number of unbranched alkanes of at least 4 members (excludes halogenated alkanes) is 3. The maximum absolute atomic E-state index is 10.7. The predicted molar refractivity (Wildman–Crippen MR) is 133 cm³/mol. The molecular weight excluding hydrogens is 410 g/mol. The Morgan fingerprint density at radius 3 is 2.33 bits per heavy atom. The molecule has 5 nitrogen and oxygen atoms in total. The van der Waals surface area contributed by atoms with Gasteiger partial charge in [0.05, 0.1) is 17.1 Å². The highest BCUT2D eigenvalue weighted by molar-refractivity contribution is 5.79. The molecule has 0 saturated heterocycles. The van der Waals surface area contributed by atoms with Crippen molar-refractivity contribution in [1.82, 2.24) is 9.97 Å². The second-order valence-corrected chi connectivity index (χ2v) is 9.07. The van der Waals surface area contributed by atoms with E-state index in [-0.39, 0.29) is 6.42 Å². The van der Waals surface area contributed by atoms with Crippen molar-refractivity contribution in [1.29, 1.82) is 0 Å². The van der Waals surface area contributed by atoms with Gasteiger partial charge in [-0.3, -0.25) is 4.79 Å². The van der Waals surface area contributed by atoms with E-state index in [0.717, 1.165) is 79.0 Å². The number of anilines is 1. The number of hydrogen-bond donors (Lipinski definition) is 1. The number of benzene rings is 2. The minimum Gasteiger partial charge on any atom is -0.481 e. The number of carboxylic acid groups (broad SMARTS) is 1. The Labute approximate surface area is 196 Å². The first-order chi connectivity index (χ1) is 16.0. The fraction of sp³-hybridized carbons (Fsp3) is 0.393. The molecule has 0 aliphatic carbocycles. The zero-order valence-electron chi connectivity index (χ0n) is 19.6. The first-order valence-corrected chi connectivity index (χ1v) is 12.0. The minimum atomic E-state index is -0.698. The molecule has 0 radical (unpaired) electrons. The molecule has 1 N–H and O–H groups in total. The van der Waals surface area contributed by atoms with Crippen LogP contribution in [0.5, 0.6) is 0 Å². The topological polar surface area (TPSA) is 66.3 Å². The molecule has 2 aromatic carbocycles. The Hall–Kier alpha value is -3.21. The fourth-order valence-corrected chi connectivity index (χ4v) is 4.64. The van der Waals surface area contributed by atoms with Gasteiger partial charge in [0.25, 0.3) is 0 Å². The third-order valence-corrected chi connectivity index (χ3v) is 6.59. The number of fused-ring (bicyclic) bond motifs is 1. The van der Waals surface area contributed by atoms with Gasteiger partial charge in [0.1, 0.15) is 0 Å². The van der Waals surface area contributed by atoms with Crippen molar-refractivity contribution in [2.24, 2.45) is 0 Å². The number of carboxylic acids is 1. The van der Waals surface area contributed by atoms with E-state index in [2.05, 4.69) is 55.3 Å². The first-order valence-electron chi connectivity index (χ1n) is 12.0. The molecule has 172 valence electrons. The van der Waals surface area contributed by atoms with E-state index in [1.165, 1.54) is 5.56 Å². The molecule has 1 aromatic heterocycles. The monoisotopic (exact) mass is 443 g/mol. The summed E-state index contributed by atoms with van der Waals surface area (Å²) in [4.78, 5) is 23.3. The highest BCUT2D eigenvalue weighted by atomic mass is 16.4. The summed E-state index contributed by atoms with van der Waals surface area (Å²) in [5.74, 6) is 0.295. The summed E-state index contributed by atoms with van der Waals surface area (Å²) in [5, 5.41) is 8.79. The van der Waals surface area contributed by atoms with Crippen LogP contribution >= 0.6 is 0 Å². The van der Waals surface area contributed by atoms with Gasteiger partial charge in [0, 0.05) is 30.6 Å². The number of hydrogen-bond acceptors (Lipinski definition) is 4. The van der Waals surface area contributed by atoms with Crippen LogP contribution < -0.4 is 4.90 Å². The molecular formula is C28H33N3O2. The van der Waals surface area contributed by atoms with Gasteiger partial charge < -0.3 is 10.0 Å². The van der Waals surface area contributed by atoms with Gasteiger partial charge in [0.2, 0.25) is 0 Å². The Bertz CT molecular complexity index is 1080. The van der Waals surface area contributed by atoms with Gasteiger partial charge in [-0.2, -0.15) is 0 Å². The molecule has 2 heterocycles. The number of rotatable bonds is 9. The van der Waals surface area contributed by atoms with Gasteiger partial charge in [-0.1, -0.05) is 79.4 Å². The second-order valence-electron chi connectivity index (χ2n) is 9.07. The molecule has 0 amide bonds. The molecule has 0 spiro atoms. The molecule has 3 aromatic rings. The van der Waals surface area contributed by atoms with E-state index in [4.69, 9.17) is 15.1 Å². The van der Waals surface area contributed by atoms with Gasteiger partial charge in [-0.15, -0.1) is 0 Å². The third-order valence-electron chi connectivity index (χ3n) is 6.59. The fourth-order valence-electron chi connectivity index (χ4n) is 4.64. The zero-order chi connectivity index (χ0) is 23.2. The van der Waals surface area contributed by atoms with Crippen LogP contribution in [0.15, 0.2) is 54.6 Å². The zero-order valence-corrected chi connectivity index (χ0v) is 19.6. The lowest BCUT2D eigenvalue weighted by molar-refractivity contribution is -0.137. The van der Waals surface area contributed by atoms with Crippen molar-refractivity contribution >= 4 is 11.8 Å². The summed E-state index contributed by atoms with van der Waals surface area (Å²) in [6.45, 7) is 2.10. The van der Waals surface area contributed by atoms with Gasteiger partial charge in [0.15, 0.2) is 5.82 Å². The van der Waals surface area contributed by atoms with E-state index >= 15 is 0 Å². The highest BCUT2D eigenvalue weighted by Gasteiger charge is 2.27. The predicted octanol–water partition coefficient (Wildman–Crippen LogP) is 6.30. The molecule has 1 aliphatic rings. The number of aryl methyl sites for hydroxylation is 2. The largest absolute Gasteiger partial charge is 0.481 e. The summed E-state index contributed by atoms with van der Waals surface area (Å²) in [6, 6.07) is 19.3. The number of carbonyl (C=O) groups is 1. The SMILES string of the molecule is Cc1ccc(-c2nc3c(nc2-c2ccccc2)CCC(CCCCCCC(=O)O)N3C)cc1. The van der Waals surface area contributed by atoms with Crippen molar-refractivity contribution in [2.75, 3.05) is 11.9 Å². The van der Waals surface area contributed by atoms with Gasteiger partial charge in [-0.25, -0.2) is 9.97 Å². The summed E-state index contributed by atoms with van der Waals surface area (Å²) in [5.41, 5.74) is 6.36. The minimum absolute atomic E-state index is 0.276. The van der Waals surface area contributed by atoms with Crippen molar-refractivity contribution in [3.05, 3.63) is 65.9 Å². The molecule has 0 fully saturated rings. The van der Waals surface area contributed by atoms with Crippen LogP contribution in [-0.4, -0.2) is 34.1 Å².